The van der Waals surface area contributed by atoms with E-state index < -0.39 is 24.7 Å². The maximum absolute atomic E-state index is 12.0. The number of hydrogen-bond donors (Lipinski definition) is 2. The zero-order valence-corrected chi connectivity index (χ0v) is 11.8. The van der Waals surface area contributed by atoms with Crippen molar-refractivity contribution >= 4 is 12.0 Å². The summed E-state index contributed by atoms with van der Waals surface area (Å²) in [7, 11) is 0. The number of carbonyl (C=O) groups excluding carboxylic acids is 1. The molecule has 1 amide bonds. The van der Waals surface area contributed by atoms with Gasteiger partial charge in [-0.25, -0.2) is 0 Å². The number of nitrogens with one attached hydrogen (secondary N) is 1. The Morgan fingerprint density at radius 3 is 2.33 bits per heavy atom. The quantitative estimate of drug-likeness (QED) is 0.822. The minimum absolute atomic E-state index is 0.398. The highest BCUT2D eigenvalue weighted by atomic mass is 19.4. The molecule has 0 aliphatic heterocycles. The third kappa shape index (κ3) is 5.99. The van der Waals surface area contributed by atoms with Gasteiger partial charge in [-0.1, -0.05) is 38.1 Å². The van der Waals surface area contributed by atoms with E-state index in [-0.39, 0.29) is 0 Å². The van der Waals surface area contributed by atoms with Crippen LogP contribution in [0, 0.1) is 0 Å². The van der Waals surface area contributed by atoms with Crippen molar-refractivity contribution in [3.05, 3.63) is 41.5 Å². The molecule has 0 radical (unpaired) electrons. The Hall–Kier alpha value is -1.82. The molecule has 6 heteroatoms. The summed E-state index contributed by atoms with van der Waals surface area (Å²) in [5.74, 6) is -0.290. The fraction of sp³-hybridized carbons (Fsp3) is 0.400. The van der Waals surface area contributed by atoms with Crippen LogP contribution in [0.3, 0.4) is 0 Å². The Morgan fingerprint density at radius 1 is 1.29 bits per heavy atom. The van der Waals surface area contributed by atoms with Crippen LogP contribution in [0.2, 0.25) is 0 Å². The average Bonchev–Trinajstić information content (AvgIpc) is 2.41. The van der Waals surface area contributed by atoms with E-state index in [0.717, 1.165) is 17.2 Å². The predicted molar refractivity (Wildman–Crippen MR) is 74.6 cm³/mol. The molecule has 0 aromatic heterocycles. The maximum atomic E-state index is 12.0. The first-order valence-corrected chi connectivity index (χ1v) is 6.51. The largest absolute Gasteiger partial charge is 0.416 e. The number of benzene rings is 1. The predicted octanol–water partition coefficient (Wildman–Crippen LogP) is 2.86. The van der Waals surface area contributed by atoms with E-state index in [1.54, 1.807) is 0 Å². The Morgan fingerprint density at radius 2 is 1.86 bits per heavy atom. The summed E-state index contributed by atoms with van der Waals surface area (Å²) in [6.45, 7) is 3.26. The average molecular weight is 301 g/mol. The zero-order valence-electron chi connectivity index (χ0n) is 11.8. The summed E-state index contributed by atoms with van der Waals surface area (Å²) >= 11 is 0. The molecule has 21 heavy (non-hydrogen) atoms. The maximum Gasteiger partial charge on any atom is 0.416 e. The van der Waals surface area contributed by atoms with Gasteiger partial charge in [0.25, 0.3) is 0 Å². The van der Waals surface area contributed by atoms with Crippen molar-refractivity contribution in [1.82, 2.24) is 5.32 Å². The van der Waals surface area contributed by atoms with Crippen LogP contribution >= 0.6 is 0 Å². The fourth-order valence-electron chi connectivity index (χ4n) is 1.54. The van der Waals surface area contributed by atoms with E-state index in [4.69, 9.17) is 5.11 Å². The van der Waals surface area contributed by atoms with Gasteiger partial charge in [0, 0.05) is 6.08 Å². The third-order valence-electron chi connectivity index (χ3n) is 2.88. The van der Waals surface area contributed by atoms with Gasteiger partial charge in [0.05, 0.1) is 6.54 Å². The van der Waals surface area contributed by atoms with Crippen molar-refractivity contribution in [2.75, 3.05) is 6.54 Å². The second-order valence-electron chi connectivity index (χ2n) is 4.96. The van der Waals surface area contributed by atoms with Crippen molar-refractivity contribution in [2.45, 2.75) is 32.0 Å². The van der Waals surface area contributed by atoms with E-state index in [2.05, 4.69) is 13.8 Å². The number of aliphatic hydroxyl groups excluding tert-OH is 1. The highest BCUT2D eigenvalue weighted by Crippen LogP contribution is 2.19. The Balaban J connectivity index is 2.51. The molecule has 116 valence electrons. The molecule has 1 atom stereocenters. The summed E-state index contributed by atoms with van der Waals surface area (Å²) in [6.07, 6.45) is -4.66. The fourth-order valence-corrected chi connectivity index (χ4v) is 1.54. The summed E-state index contributed by atoms with van der Waals surface area (Å²) in [4.78, 5) is 11.3. The number of carbonyl (C=O) groups is 1. The third-order valence-corrected chi connectivity index (χ3v) is 2.88. The topological polar surface area (TPSA) is 49.3 Å². The lowest BCUT2D eigenvalue weighted by Crippen LogP contribution is -2.40. The molecule has 0 fully saturated rings. The van der Waals surface area contributed by atoms with E-state index in [1.807, 2.05) is 29.6 Å². The standard InChI is InChI=1S/C15H18F3NO2/c1-10(2)12-6-3-11(4-7-12)5-8-14(21)19-9-13(20)15(16,17)18/h3-8,10,13,20H,9H2,1-2H3,(H,19,21)/b8-5+. The molecular formula is C15H18F3NO2. The smallest absolute Gasteiger partial charge is 0.382 e. The molecule has 0 bridgehead atoms. The second-order valence-corrected chi connectivity index (χ2v) is 4.96. The highest BCUT2D eigenvalue weighted by molar-refractivity contribution is 5.91. The minimum Gasteiger partial charge on any atom is -0.382 e. The molecule has 0 saturated heterocycles. The molecule has 0 heterocycles. The molecule has 1 aromatic carbocycles. The lowest BCUT2D eigenvalue weighted by atomic mass is 10.0. The summed E-state index contributed by atoms with van der Waals surface area (Å²) in [5.41, 5.74) is 1.93. The molecule has 3 nitrogen and oxygen atoms in total. The Labute approximate surface area is 121 Å². The van der Waals surface area contributed by atoms with Crippen molar-refractivity contribution in [2.24, 2.45) is 0 Å². The number of alkyl halides is 3. The van der Waals surface area contributed by atoms with Gasteiger partial charge in [0.1, 0.15) is 0 Å². The van der Waals surface area contributed by atoms with Crippen LogP contribution in [-0.4, -0.2) is 29.8 Å². The van der Waals surface area contributed by atoms with Crippen LogP contribution < -0.4 is 5.32 Å². The summed E-state index contributed by atoms with van der Waals surface area (Å²) < 4.78 is 36.1. The van der Waals surface area contributed by atoms with Gasteiger partial charge in [-0.05, 0) is 23.1 Å². The SMILES string of the molecule is CC(C)c1ccc(/C=C/C(=O)NCC(O)C(F)(F)F)cc1. The molecule has 0 aliphatic rings. The monoisotopic (exact) mass is 301 g/mol. The highest BCUT2D eigenvalue weighted by Gasteiger charge is 2.37. The number of rotatable bonds is 5. The number of amides is 1. The molecule has 2 N–H and O–H groups in total. The van der Waals surface area contributed by atoms with Crippen LogP contribution in [0.15, 0.2) is 30.3 Å². The van der Waals surface area contributed by atoms with Crippen LogP contribution in [0.1, 0.15) is 30.9 Å². The van der Waals surface area contributed by atoms with Crippen molar-refractivity contribution in [3.63, 3.8) is 0 Å². The van der Waals surface area contributed by atoms with E-state index >= 15 is 0 Å². The summed E-state index contributed by atoms with van der Waals surface area (Å²) in [6, 6.07) is 7.50. The van der Waals surface area contributed by atoms with Crippen LogP contribution in [0.5, 0.6) is 0 Å². The van der Waals surface area contributed by atoms with Crippen LogP contribution in [0.4, 0.5) is 13.2 Å². The van der Waals surface area contributed by atoms with Crippen molar-refractivity contribution < 1.29 is 23.1 Å². The van der Waals surface area contributed by atoms with E-state index in [0.29, 0.717) is 5.92 Å². The van der Waals surface area contributed by atoms with Gasteiger partial charge in [0.15, 0.2) is 6.10 Å². The van der Waals surface area contributed by atoms with Gasteiger partial charge in [-0.2, -0.15) is 13.2 Å². The van der Waals surface area contributed by atoms with Crippen molar-refractivity contribution in [3.8, 4) is 0 Å². The van der Waals surface area contributed by atoms with E-state index in [1.165, 1.54) is 6.08 Å². The van der Waals surface area contributed by atoms with Gasteiger partial charge in [-0.3, -0.25) is 4.79 Å². The molecular weight excluding hydrogens is 283 g/mol. The van der Waals surface area contributed by atoms with Crippen molar-refractivity contribution in [1.29, 1.82) is 0 Å². The molecule has 1 rings (SSSR count). The number of halogens is 3. The number of aliphatic hydroxyl groups is 1. The molecule has 0 aliphatic carbocycles. The van der Waals surface area contributed by atoms with Gasteiger partial charge in [-0.15, -0.1) is 0 Å². The molecule has 0 saturated carbocycles. The van der Waals surface area contributed by atoms with Crippen LogP contribution in [0.25, 0.3) is 6.08 Å². The first-order valence-electron chi connectivity index (χ1n) is 6.51. The Bertz CT molecular complexity index is 493. The lowest BCUT2D eigenvalue weighted by Gasteiger charge is -2.14. The number of hydrogen-bond acceptors (Lipinski definition) is 2. The normalized spacial score (nSPS) is 13.7. The van der Waals surface area contributed by atoms with Crippen LogP contribution in [-0.2, 0) is 4.79 Å². The van der Waals surface area contributed by atoms with Gasteiger partial charge in [0.2, 0.25) is 5.91 Å². The van der Waals surface area contributed by atoms with Gasteiger partial charge >= 0.3 is 6.18 Å². The van der Waals surface area contributed by atoms with E-state index in [9.17, 15) is 18.0 Å². The molecule has 0 spiro atoms. The zero-order chi connectivity index (χ0) is 16.0. The first-order chi connectivity index (χ1) is 9.70. The lowest BCUT2D eigenvalue weighted by molar-refractivity contribution is -0.201. The Kier molecular flexibility index (Phi) is 5.96. The van der Waals surface area contributed by atoms with Gasteiger partial charge < -0.3 is 10.4 Å². The molecule has 1 aromatic rings. The first kappa shape index (κ1) is 17.2. The second kappa shape index (κ2) is 7.26. The molecule has 1 unspecified atom stereocenters. The summed E-state index contributed by atoms with van der Waals surface area (Å²) in [5, 5.41) is 10.7. The minimum atomic E-state index is -4.73.